The first-order chi connectivity index (χ1) is 9.91. The van der Waals surface area contributed by atoms with E-state index >= 15 is 0 Å². The van der Waals surface area contributed by atoms with Crippen molar-refractivity contribution in [3.05, 3.63) is 58.9 Å². The van der Waals surface area contributed by atoms with Crippen molar-refractivity contribution in [1.29, 1.82) is 0 Å². The van der Waals surface area contributed by atoms with Gasteiger partial charge in [0.25, 0.3) is 5.91 Å². The van der Waals surface area contributed by atoms with Gasteiger partial charge in [0.15, 0.2) is 0 Å². The molecule has 0 aliphatic heterocycles. The Kier molecular flexibility index (Phi) is 3.89. The lowest BCUT2D eigenvalue weighted by Crippen LogP contribution is -2.16. The predicted molar refractivity (Wildman–Crippen MR) is 74.2 cm³/mol. The topological polar surface area (TPSA) is 86.6 Å². The number of carboxylic acids is 1. The zero-order valence-corrected chi connectivity index (χ0v) is 11.1. The van der Waals surface area contributed by atoms with Gasteiger partial charge in [0.2, 0.25) is 0 Å². The number of aromatic hydroxyl groups is 1. The van der Waals surface area contributed by atoms with Gasteiger partial charge >= 0.3 is 5.97 Å². The highest BCUT2D eigenvalue weighted by molar-refractivity contribution is 6.09. The number of hydrogen-bond acceptors (Lipinski definition) is 3. The summed E-state index contributed by atoms with van der Waals surface area (Å²) in [6.45, 7) is 1.62. The van der Waals surface area contributed by atoms with E-state index in [9.17, 15) is 19.1 Å². The number of hydrogen-bond donors (Lipinski definition) is 3. The zero-order chi connectivity index (χ0) is 15.6. The number of phenols is 1. The Morgan fingerprint density at radius 3 is 2.48 bits per heavy atom. The molecule has 0 atom stereocenters. The van der Waals surface area contributed by atoms with Gasteiger partial charge in [0.1, 0.15) is 17.1 Å². The van der Waals surface area contributed by atoms with E-state index in [0.29, 0.717) is 5.56 Å². The standard InChI is InChI=1S/C15H12FNO4/c1-8-4-2-5-9(13(8)18)14(19)17-11-7-3-6-10(16)12(11)15(20)21/h2-7,18H,1H3,(H,17,19)(H,20,21). The third kappa shape index (κ3) is 2.84. The van der Waals surface area contributed by atoms with Crippen LogP contribution in [0.3, 0.4) is 0 Å². The van der Waals surface area contributed by atoms with Crippen molar-refractivity contribution in [3.63, 3.8) is 0 Å². The largest absolute Gasteiger partial charge is 0.507 e. The first-order valence-corrected chi connectivity index (χ1v) is 6.03. The summed E-state index contributed by atoms with van der Waals surface area (Å²) in [5.41, 5.74) is -0.317. The summed E-state index contributed by atoms with van der Waals surface area (Å²) >= 11 is 0. The van der Waals surface area contributed by atoms with Crippen molar-refractivity contribution in [2.75, 3.05) is 5.32 Å². The van der Waals surface area contributed by atoms with Crippen LogP contribution in [0.25, 0.3) is 0 Å². The van der Waals surface area contributed by atoms with E-state index < -0.39 is 23.3 Å². The second-order valence-corrected chi connectivity index (χ2v) is 4.39. The summed E-state index contributed by atoms with van der Waals surface area (Å²) in [6, 6.07) is 8.13. The minimum absolute atomic E-state index is 0.0180. The summed E-state index contributed by atoms with van der Waals surface area (Å²) < 4.78 is 13.5. The molecule has 21 heavy (non-hydrogen) atoms. The van der Waals surface area contributed by atoms with Gasteiger partial charge in [-0.2, -0.15) is 0 Å². The second-order valence-electron chi connectivity index (χ2n) is 4.39. The number of para-hydroxylation sites is 1. The van der Waals surface area contributed by atoms with Gasteiger partial charge in [0, 0.05) is 0 Å². The van der Waals surface area contributed by atoms with E-state index in [2.05, 4.69) is 5.32 Å². The molecule has 0 radical (unpaired) electrons. The van der Waals surface area contributed by atoms with Crippen LogP contribution in [0.1, 0.15) is 26.3 Å². The lowest BCUT2D eigenvalue weighted by molar-refractivity contribution is 0.0693. The lowest BCUT2D eigenvalue weighted by Gasteiger charge is -2.10. The minimum atomic E-state index is -1.49. The maximum atomic E-state index is 13.5. The predicted octanol–water partition coefficient (Wildman–Crippen LogP) is 2.79. The molecule has 0 unspecified atom stereocenters. The Bertz CT molecular complexity index is 728. The van der Waals surface area contributed by atoms with Crippen molar-refractivity contribution in [1.82, 2.24) is 0 Å². The fourth-order valence-electron chi connectivity index (χ4n) is 1.88. The molecule has 2 aromatic carbocycles. The van der Waals surface area contributed by atoms with Gasteiger partial charge in [0.05, 0.1) is 11.3 Å². The Hall–Kier alpha value is -2.89. The number of amides is 1. The minimum Gasteiger partial charge on any atom is -0.507 e. The van der Waals surface area contributed by atoms with Gasteiger partial charge in [-0.15, -0.1) is 0 Å². The fraction of sp³-hybridized carbons (Fsp3) is 0.0667. The van der Waals surface area contributed by atoms with E-state index in [-0.39, 0.29) is 17.0 Å². The molecule has 2 rings (SSSR count). The number of anilines is 1. The van der Waals surface area contributed by atoms with Gasteiger partial charge in [-0.25, -0.2) is 9.18 Å². The third-order valence-corrected chi connectivity index (χ3v) is 2.96. The highest BCUT2D eigenvalue weighted by Crippen LogP contribution is 2.24. The van der Waals surface area contributed by atoms with Gasteiger partial charge in [-0.3, -0.25) is 4.79 Å². The fourth-order valence-corrected chi connectivity index (χ4v) is 1.88. The highest BCUT2D eigenvalue weighted by Gasteiger charge is 2.19. The highest BCUT2D eigenvalue weighted by atomic mass is 19.1. The molecule has 5 nitrogen and oxygen atoms in total. The first-order valence-electron chi connectivity index (χ1n) is 6.03. The zero-order valence-electron chi connectivity index (χ0n) is 11.1. The number of rotatable bonds is 3. The first kappa shape index (κ1) is 14.5. The molecule has 0 aromatic heterocycles. The van der Waals surface area contributed by atoms with Crippen LogP contribution in [0.15, 0.2) is 36.4 Å². The van der Waals surface area contributed by atoms with E-state index in [1.54, 1.807) is 19.1 Å². The molecule has 108 valence electrons. The second kappa shape index (κ2) is 5.62. The number of nitrogens with one attached hydrogen (secondary N) is 1. The molecule has 0 spiro atoms. The molecular formula is C15H12FNO4. The average Bonchev–Trinajstić information content (AvgIpc) is 2.41. The van der Waals surface area contributed by atoms with E-state index in [1.807, 2.05) is 0 Å². The van der Waals surface area contributed by atoms with Crippen LogP contribution in [-0.2, 0) is 0 Å². The van der Waals surface area contributed by atoms with Crippen LogP contribution in [-0.4, -0.2) is 22.1 Å². The summed E-state index contributed by atoms with van der Waals surface area (Å²) in [5.74, 6) is -3.36. The number of aromatic carboxylic acids is 1. The van der Waals surface area contributed by atoms with Crippen LogP contribution in [0.2, 0.25) is 0 Å². The molecule has 3 N–H and O–H groups in total. The normalized spacial score (nSPS) is 10.2. The summed E-state index contributed by atoms with van der Waals surface area (Å²) in [5, 5.41) is 21.1. The van der Waals surface area contributed by atoms with Crippen LogP contribution >= 0.6 is 0 Å². The number of carbonyl (C=O) groups is 2. The Morgan fingerprint density at radius 2 is 1.81 bits per heavy atom. The maximum absolute atomic E-state index is 13.5. The molecular weight excluding hydrogens is 277 g/mol. The van der Waals surface area contributed by atoms with E-state index in [0.717, 1.165) is 6.07 Å². The van der Waals surface area contributed by atoms with Crippen LogP contribution in [0, 0.1) is 12.7 Å². The summed E-state index contributed by atoms with van der Waals surface area (Å²) in [6.07, 6.45) is 0. The molecule has 0 aliphatic carbocycles. The number of halogens is 1. The average molecular weight is 289 g/mol. The van der Waals surface area contributed by atoms with Crippen LogP contribution in [0.5, 0.6) is 5.75 Å². The number of aryl methyl sites for hydroxylation is 1. The van der Waals surface area contributed by atoms with Crippen LogP contribution < -0.4 is 5.32 Å². The molecule has 0 saturated heterocycles. The number of benzene rings is 2. The molecule has 0 saturated carbocycles. The SMILES string of the molecule is Cc1cccc(C(=O)Nc2cccc(F)c2C(=O)O)c1O. The Balaban J connectivity index is 2.39. The summed E-state index contributed by atoms with van der Waals surface area (Å²) in [7, 11) is 0. The van der Waals surface area contributed by atoms with Crippen molar-refractivity contribution in [2.24, 2.45) is 0 Å². The van der Waals surface area contributed by atoms with Crippen molar-refractivity contribution < 1.29 is 24.2 Å². The number of carboxylic acid groups (broad SMARTS) is 1. The lowest BCUT2D eigenvalue weighted by atomic mass is 10.1. The van der Waals surface area contributed by atoms with Gasteiger partial charge in [-0.05, 0) is 30.7 Å². The molecule has 0 heterocycles. The molecule has 1 amide bonds. The Morgan fingerprint density at radius 1 is 1.14 bits per heavy atom. The van der Waals surface area contributed by atoms with Crippen LogP contribution in [0.4, 0.5) is 10.1 Å². The van der Waals surface area contributed by atoms with E-state index in [4.69, 9.17) is 5.11 Å². The van der Waals surface area contributed by atoms with Gasteiger partial charge in [-0.1, -0.05) is 18.2 Å². The molecule has 2 aromatic rings. The van der Waals surface area contributed by atoms with Crippen molar-refractivity contribution in [3.8, 4) is 5.75 Å². The monoisotopic (exact) mass is 289 g/mol. The smallest absolute Gasteiger partial charge is 0.340 e. The van der Waals surface area contributed by atoms with Gasteiger partial charge < -0.3 is 15.5 Å². The Labute approximate surface area is 119 Å². The molecule has 0 aliphatic rings. The summed E-state index contributed by atoms with van der Waals surface area (Å²) in [4.78, 5) is 23.1. The van der Waals surface area contributed by atoms with E-state index in [1.165, 1.54) is 18.2 Å². The number of carbonyl (C=O) groups excluding carboxylic acids is 1. The number of phenolic OH excluding ortho intramolecular Hbond substituents is 1. The molecule has 0 fully saturated rings. The quantitative estimate of drug-likeness (QED) is 0.811. The third-order valence-electron chi connectivity index (χ3n) is 2.96. The van der Waals surface area contributed by atoms with Crippen molar-refractivity contribution >= 4 is 17.6 Å². The molecule has 6 heteroatoms. The molecule has 0 bridgehead atoms. The maximum Gasteiger partial charge on any atom is 0.340 e. The van der Waals surface area contributed by atoms with Crippen molar-refractivity contribution in [2.45, 2.75) is 6.92 Å².